The lowest BCUT2D eigenvalue weighted by Crippen LogP contribution is -2.23. The molecule has 2 N–H and O–H groups in total. The zero-order valence-electron chi connectivity index (χ0n) is 16.0. The summed E-state index contributed by atoms with van der Waals surface area (Å²) in [6.07, 6.45) is 0. The molecule has 30 heavy (non-hydrogen) atoms. The monoisotopic (exact) mass is 429 g/mol. The van der Waals surface area contributed by atoms with Gasteiger partial charge in [0, 0.05) is 23.4 Å². The fourth-order valence-electron chi connectivity index (χ4n) is 2.87. The maximum Gasteiger partial charge on any atom is 0.262 e. The fraction of sp³-hybridized carbons (Fsp3) is 0.200. The van der Waals surface area contributed by atoms with Crippen molar-refractivity contribution < 1.29 is 27.2 Å². The van der Waals surface area contributed by atoms with E-state index in [4.69, 9.17) is 14.0 Å². The summed E-state index contributed by atoms with van der Waals surface area (Å²) in [6, 6.07) is 12.3. The standard InChI is InChI=1S/C20H19N3O6S/c1-13-10-16(22-29-13)12-21-20(24)14-2-4-15(5-3-14)23-30(25,26)17-6-7-18-19(11-17)28-9-8-27-18/h2-7,10-11,23H,8-9,12H2,1H3,(H,21,24). The van der Waals surface area contributed by atoms with Crippen molar-refractivity contribution >= 4 is 21.6 Å². The molecular weight excluding hydrogens is 410 g/mol. The lowest BCUT2D eigenvalue weighted by Gasteiger charge is -2.19. The Balaban J connectivity index is 1.41. The number of amides is 1. The molecule has 0 radical (unpaired) electrons. The molecule has 1 amide bonds. The molecule has 4 rings (SSSR count). The molecule has 0 saturated carbocycles. The number of carbonyl (C=O) groups is 1. The van der Waals surface area contributed by atoms with Gasteiger partial charge in [-0.2, -0.15) is 0 Å². The third-order valence-electron chi connectivity index (χ3n) is 4.33. The fourth-order valence-corrected chi connectivity index (χ4v) is 3.94. The molecule has 0 unspecified atom stereocenters. The van der Waals surface area contributed by atoms with Crippen LogP contribution >= 0.6 is 0 Å². The van der Waals surface area contributed by atoms with E-state index in [9.17, 15) is 13.2 Å². The quantitative estimate of drug-likeness (QED) is 0.618. The summed E-state index contributed by atoms with van der Waals surface area (Å²) in [5.74, 6) is 1.25. The minimum absolute atomic E-state index is 0.0523. The van der Waals surface area contributed by atoms with Crippen molar-refractivity contribution in [2.75, 3.05) is 17.9 Å². The number of anilines is 1. The Morgan fingerprint density at radius 3 is 2.47 bits per heavy atom. The summed E-state index contributed by atoms with van der Waals surface area (Å²) in [5, 5.41) is 6.53. The van der Waals surface area contributed by atoms with Crippen molar-refractivity contribution in [1.82, 2.24) is 10.5 Å². The smallest absolute Gasteiger partial charge is 0.262 e. The van der Waals surface area contributed by atoms with Gasteiger partial charge in [0.1, 0.15) is 24.7 Å². The largest absolute Gasteiger partial charge is 0.486 e. The highest BCUT2D eigenvalue weighted by molar-refractivity contribution is 7.92. The van der Waals surface area contributed by atoms with Gasteiger partial charge in [-0.25, -0.2) is 8.42 Å². The molecule has 9 nitrogen and oxygen atoms in total. The first kappa shape index (κ1) is 19.8. The van der Waals surface area contributed by atoms with Crippen LogP contribution in [0.4, 0.5) is 5.69 Å². The summed E-state index contributed by atoms with van der Waals surface area (Å²) < 4.78 is 43.6. The zero-order valence-corrected chi connectivity index (χ0v) is 16.9. The van der Waals surface area contributed by atoms with Crippen LogP contribution in [0.15, 0.2) is 57.9 Å². The van der Waals surface area contributed by atoms with E-state index in [2.05, 4.69) is 15.2 Å². The van der Waals surface area contributed by atoms with Gasteiger partial charge in [0.15, 0.2) is 11.5 Å². The zero-order chi connectivity index (χ0) is 21.1. The number of hydrogen-bond acceptors (Lipinski definition) is 7. The maximum absolute atomic E-state index is 12.7. The minimum Gasteiger partial charge on any atom is -0.486 e. The van der Waals surface area contributed by atoms with Crippen molar-refractivity contribution in [2.45, 2.75) is 18.4 Å². The first-order chi connectivity index (χ1) is 14.4. The van der Waals surface area contributed by atoms with Gasteiger partial charge in [0.05, 0.1) is 11.4 Å². The van der Waals surface area contributed by atoms with Gasteiger partial charge in [0.2, 0.25) is 0 Å². The molecule has 0 fully saturated rings. The first-order valence-corrected chi connectivity index (χ1v) is 10.6. The van der Waals surface area contributed by atoms with E-state index >= 15 is 0 Å². The number of sulfonamides is 1. The first-order valence-electron chi connectivity index (χ1n) is 9.14. The normalized spacial score (nSPS) is 13.0. The van der Waals surface area contributed by atoms with Crippen LogP contribution in [0, 0.1) is 6.92 Å². The van der Waals surface area contributed by atoms with Crippen LogP contribution in [-0.4, -0.2) is 32.7 Å². The molecule has 2 aromatic carbocycles. The topological polar surface area (TPSA) is 120 Å². The Kier molecular flexibility index (Phi) is 5.32. The molecule has 0 bridgehead atoms. The van der Waals surface area contributed by atoms with E-state index < -0.39 is 10.0 Å². The number of nitrogens with zero attached hydrogens (tertiary/aromatic N) is 1. The number of carbonyl (C=O) groups excluding carboxylic acids is 1. The van der Waals surface area contributed by atoms with Gasteiger partial charge in [-0.15, -0.1) is 0 Å². The second-order valence-electron chi connectivity index (χ2n) is 6.60. The Bertz CT molecular complexity index is 1170. The van der Waals surface area contributed by atoms with E-state index in [1.54, 1.807) is 19.1 Å². The van der Waals surface area contributed by atoms with Crippen molar-refractivity contribution in [3.63, 3.8) is 0 Å². The number of aromatic nitrogens is 1. The third kappa shape index (κ3) is 4.38. The Morgan fingerprint density at radius 2 is 1.77 bits per heavy atom. The number of aryl methyl sites for hydroxylation is 1. The molecule has 10 heteroatoms. The summed E-state index contributed by atoms with van der Waals surface area (Å²) >= 11 is 0. The predicted octanol–water partition coefficient (Wildman–Crippen LogP) is 2.49. The van der Waals surface area contributed by atoms with Crippen molar-refractivity contribution in [3.05, 3.63) is 65.5 Å². The molecule has 1 aliphatic heterocycles. The van der Waals surface area contributed by atoms with E-state index in [0.29, 0.717) is 47.4 Å². The molecule has 2 heterocycles. The van der Waals surface area contributed by atoms with Crippen LogP contribution in [0.5, 0.6) is 11.5 Å². The summed E-state index contributed by atoms with van der Waals surface area (Å²) in [5.41, 5.74) is 1.33. The van der Waals surface area contributed by atoms with Gasteiger partial charge in [-0.3, -0.25) is 9.52 Å². The highest BCUT2D eigenvalue weighted by atomic mass is 32.2. The van der Waals surface area contributed by atoms with E-state index in [1.807, 2.05) is 0 Å². The van der Waals surface area contributed by atoms with E-state index in [-0.39, 0.29) is 17.3 Å². The molecule has 1 aromatic heterocycles. The number of nitrogens with one attached hydrogen (secondary N) is 2. The van der Waals surface area contributed by atoms with Gasteiger partial charge in [-0.05, 0) is 43.3 Å². The van der Waals surface area contributed by atoms with Crippen LogP contribution in [0.3, 0.4) is 0 Å². The van der Waals surface area contributed by atoms with Gasteiger partial charge < -0.3 is 19.3 Å². The number of fused-ring (bicyclic) bond motifs is 1. The van der Waals surface area contributed by atoms with Crippen LogP contribution in [0.25, 0.3) is 0 Å². The number of ether oxygens (including phenoxy) is 2. The predicted molar refractivity (Wildman–Crippen MR) is 107 cm³/mol. The Morgan fingerprint density at radius 1 is 1.03 bits per heavy atom. The summed E-state index contributed by atoms with van der Waals surface area (Å²) in [6.45, 7) is 2.79. The lowest BCUT2D eigenvalue weighted by atomic mass is 10.2. The van der Waals surface area contributed by atoms with Gasteiger partial charge >= 0.3 is 0 Å². The minimum atomic E-state index is -3.83. The molecular formula is C20H19N3O6S. The van der Waals surface area contributed by atoms with E-state index in [0.717, 1.165) is 0 Å². The molecule has 156 valence electrons. The lowest BCUT2D eigenvalue weighted by molar-refractivity contribution is 0.0950. The molecule has 0 aliphatic carbocycles. The van der Waals surface area contributed by atoms with Crippen molar-refractivity contribution in [1.29, 1.82) is 0 Å². The second-order valence-corrected chi connectivity index (χ2v) is 8.28. The van der Waals surface area contributed by atoms with Gasteiger partial charge in [-0.1, -0.05) is 5.16 Å². The van der Waals surface area contributed by atoms with E-state index in [1.165, 1.54) is 36.4 Å². The molecule has 3 aromatic rings. The van der Waals surface area contributed by atoms with Gasteiger partial charge in [0.25, 0.3) is 15.9 Å². The van der Waals surface area contributed by atoms with Crippen LogP contribution < -0.4 is 19.5 Å². The molecule has 1 aliphatic rings. The average Bonchev–Trinajstić information content (AvgIpc) is 3.17. The van der Waals surface area contributed by atoms with Crippen LogP contribution in [-0.2, 0) is 16.6 Å². The molecule has 0 spiro atoms. The van der Waals surface area contributed by atoms with Crippen molar-refractivity contribution in [3.8, 4) is 11.5 Å². The molecule has 0 atom stereocenters. The Hall–Kier alpha value is -3.53. The SMILES string of the molecule is Cc1cc(CNC(=O)c2ccc(NS(=O)(=O)c3ccc4c(c3)OCCO4)cc2)no1. The Labute approximate surface area is 173 Å². The highest BCUT2D eigenvalue weighted by Gasteiger charge is 2.19. The average molecular weight is 429 g/mol. The van der Waals surface area contributed by atoms with Crippen molar-refractivity contribution in [2.24, 2.45) is 0 Å². The number of hydrogen-bond donors (Lipinski definition) is 2. The summed E-state index contributed by atoms with van der Waals surface area (Å²) in [4.78, 5) is 12.3. The second kappa shape index (κ2) is 8.07. The number of benzene rings is 2. The maximum atomic E-state index is 12.7. The molecule has 0 saturated heterocycles. The van der Waals surface area contributed by atoms with Crippen LogP contribution in [0.1, 0.15) is 21.8 Å². The van der Waals surface area contributed by atoms with Crippen LogP contribution in [0.2, 0.25) is 0 Å². The highest BCUT2D eigenvalue weighted by Crippen LogP contribution is 2.32. The third-order valence-corrected chi connectivity index (χ3v) is 5.71. The summed E-state index contributed by atoms with van der Waals surface area (Å²) in [7, 11) is -3.83. The number of rotatable bonds is 6.